The lowest BCUT2D eigenvalue weighted by molar-refractivity contribution is -0.384. The minimum Gasteiger partial charge on any atom is -0.323 e. The maximum atomic E-state index is 12.5. The smallest absolute Gasteiger partial charge is 0.269 e. The van der Waals surface area contributed by atoms with Crippen molar-refractivity contribution in [2.24, 2.45) is 0 Å². The lowest BCUT2D eigenvalue weighted by atomic mass is 10.1. The number of hydrogen-bond donors (Lipinski definition) is 1. The number of thiocarbonyl (C=S) groups is 1. The van der Waals surface area contributed by atoms with Gasteiger partial charge in [0.2, 0.25) is 0 Å². The van der Waals surface area contributed by atoms with Crippen molar-refractivity contribution in [3.05, 3.63) is 76.6 Å². The van der Waals surface area contributed by atoms with Gasteiger partial charge < -0.3 is 4.57 Å². The zero-order valence-corrected chi connectivity index (χ0v) is 14.8. The van der Waals surface area contributed by atoms with Crippen molar-refractivity contribution in [3.8, 4) is 5.69 Å². The summed E-state index contributed by atoms with van der Waals surface area (Å²) in [6, 6.07) is 7.74. The maximum Gasteiger partial charge on any atom is 0.269 e. The van der Waals surface area contributed by atoms with Crippen LogP contribution in [0.2, 0.25) is 0 Å². The topological polar surface area (TPSA) is 97.5 Å². The Morgan fingerprint density at radius 3 is 2.56 bits per heavy atom. The van der Waals surface area contributed by atoms with Crippen molar-refractivity contribution >= 4 is 40.9 Å². The quantitative estimate of drug-likeness (QED) is 0.214. The molecule has 0 spiro atoms. The molecule has 1 N–H and O–H groups in total. The predicted octanol–water partition coefficient (Wildman–Crippen LogP) is 2.20. The van der Waals surface area contributed by atoms with Gasteiger partial charge in [-0.15, -0.1) is 6.58 Å². The molecule has 1 saturated heterocycles. The van der Waals surface area contributed by atoms with Gasteiger partial charge in [0.1, 0.15) is 5.57 Å². The van der Waals surface area contributed by atoms with E-state index in [1.807, 2.05) is 0 Å². The molecule has 136 valence electrons. The fourth-order valence-electron chi connectivity index (χ4n) is 2.56. The highest BCUT2D eigenvalue weighted by Gasteiger charge is 2.32. The molecule has 0 aliphatic carbocycles. The van der Waals surface area contributed by atoms with Gasteiger partial charge in [-0.3, -0.25) is 29.9 Å². The lowest BCUT2D eigenvalue weighted by Crippen LogP contribution is -2.53. The molecule has 9 heteroatoms. The second kappa shape index (κ2) is 7.34. The molecule has 27 heavy (non-hydrogen) atoms. The first-order chi connectivity index (χ1) is 12.9. The molecule has 0 unspecified atom stereocenters. The minimum absolute atomic E-state index is 0.00370. The molecule has 1 aliphatic heterocycles. The van der Waals surface area contributed by atoms with Crippen molar-refractivity contribution in [1.82, 2.24) is 14.8 Å². The molecule has 0 bridgehead atoms. The Morgan fingerprint density at radius 1 is 1.22 bits per heavy atom. The number of aromatic nitrogens is 1. The summed E-state index contributed by atoms with van der Waals surface area (Å²) < 4.78 is 1.73. The van der Waals surface area contributed by atoms with E-state index >= 15 is 0 Å². The third kappa shape index (κ3) is 3.67. The third-order valence-corrected chi connectivity index (χ3v) is 4.21. The van der Waals surface area contributed by atoms with E-state index in [4.69, 9.17) is 12.2 Å². The summed E-state index contributed by atoms with van der Waals surface area (Å²) in [6.07, 6.45) is 6.42. The number of nitro groups is 1. The second-order valence-corrected chi connectivity index (χ2v) is 6.03. The second-order valence-electron chi connectivity index (χ2n) is 5.65. The highest BCUT2D eigenvalue weighted by Crippen LogP contribution is 2.19. The van der Waals surface area contributed by atoms with Crippen LogP contribution in [0.5, 0.6) is 0 Å². The van der Waals surface area contributed by atoms with Crippen LogP contribution in [0, 0.1) is 10.1 Å². The lowest BCUT2D eigenvalue weighted by Gasteiger charge is -2.27. The Balaban J connectivity index is 1.88. The van der Waals surface area contributed by atoms with Gasteiger partial charge in [-0.1, -0.05) is 6.08 Å². The van der Waals surface area contributed by atoms with Gasteiger partial charge in [-0.25, -0.2) is 0 Å². The summed E-state index contributed by atoms with van der Waals surface area (Å²) in [5.74, 6) is -1.06. The van der Waals surface area contributed by atoms with Gasteiger partial charge in [-0.2, -0.15) is 0 Å². The number of rotatable bonds is 5. The number of carbonyl (C=O) groups excluding carboxylic acids is 2. The molecule has 1 aliphatic rings. The van der Waals surface area contributed by atoms with Crippen molar-refractivity contribution in [2.45, 2.75) is 0 Å². The van der Waals surface area contributed by atoms with Gasteiger partial charge in [0, 0.05) is 36.8 Å². The van der Waals surface area contributed by atoms with E-state index in [0.717, 1.165) is 0 Å². The van der Waals surface area contributed by atoms with Gasteiger partial charge in [0.15, 0.2) is 5.11 Å². The first kappa shape index (κ1) is 18.2. The fraction of sp³-hybridized carbons (Fsp3) is 0.0556. The SMILES string of the molecule is C=CCN1C(=O)C(=Cc2ccn(-c3ccc([N+](=O)[O-])cc3)c2)C(=O)NC1=S. The van der Waals surface area contributed by atoms with E-state index in [9.17, 15) is 19.7 Å². The molecule has 3 rings (SSSR count). The summed E-state index contributed by atoms with van der Waals surface area (Å²) in [4.78, 5) is 36.2. The monoisotopic (exact) mass is 382 g/mol. The van der Waals surface area contributed by atoms with Gasteiger partial charge in [0.05, 0.1) is 4.92 Å². The van der Waals surface area contributed by atoms with Crippen LogP contribution in [0.4, 0.5) is 5.69 Å². The largest absolute Gasteiger partial charge is 0.323 e. The molecule has 0 atom stereocenters. The Bertz CT molecular complexity index is 991. The first-order valence-corrected chi connectivity index (χ1v) is 8.24. The average Bonchev–Trinajstić information content (AvgIpc) is 3.11. The maximum absolute atomic E-state index is 12.5. The molecular formula is C18H14N4O4S. The zero-order chi connectivity index (χ0) is 19.6. The number of non-ortho nitro benzene ring substituents is 1. The normalized spacial score (nSPS) is 15.8. The Kier molecular flexibility index (Phi) is 4.95. The predicted molar refractivity (Wildman–Crippen MR) is 103 cm³/mol. The van der Waals surface area contributed by atoms with Crippen molar-refractivity contribution in [3.63, 3.8) is 0 Å². The van der Waals surface area contributed by atoms with E-state index in [1.165, 1.54) is 29.2 Å². The molecule has 2 aromatic rings. The molecule has 0 radical (unpaired) electrons. The van der Waals surface area contributed by atoms with Crippen LogP contribution in [-0.4, -0.2) is 37.9 Å². The van der Waals surface area contributed by atoms with Crippen LogP contribution in [0.25, 0.3) is 11.8 Å². The van der Waals surface area contributed by atoms with Gasteiger partial charge in [-0.05, 0) is 42.1 Å². The summed E-state index contributed by atoms with van der Waals surface area (Å²) in [5.41, 5.74) is 1.29. The van der Waals surface area contributed by atoms with Crippen LogP contribution in [0.3, 0.4) is 0 Å². The molecule has 1 aromatic carbocycles. The van der Waals surface area contributed by atoms with Gasteiger partial charge in [0.25, 0.3) is 17.5 Å². The van der Waals surface area contributed by atoms with E-state index in [0.29, 0.717) is 11.3 Å². The molecule has 1 fully saturated rings. The number of benzene rings is 1. The van der Waals surface area contributed by atoms with Crippen molar-refractivity contribution in [2.75, 3.05) is 6.54 Å². The summed E-state index contributed by atoms with van der Waals surface area (Å²) in [5, 5.41) is 13.3. The first-order valence-electron chi connectivity index (χ1n) is 7.83. The number of carbonyl (C=O) groups is 2. The summed E-state index contributed by atoms with van der Waals surface area (Å²) >= 11 is 5.01. The molecule has 8 nitrogen and oxygen atoms in total. The van der Waals surface area contributed by atoms with Crippen LogP contribution < -0.4 is 5.32 Å². The Hall–Kier alpha value is -3.59. The highest BCUT2D eigenvalue weighted by molar-refractivity contribution is 7.80. The average molecular weight is 382 g/mol. The third-order valence-electron chi connectivity index (χ3n) is 3.88. The van der Waals surface area contributed by atoms with Crippen molar-refractivity contribution < 1.29 is 14.5 Å². The van der Waals surface area contributed by atoms with Gasteiger partial charge >= 0.3 is 0 Å². The molecular weight excluding hydrogens is 368 g/mol. The Morgan fingerprint density at radius 2 is 1.93 bits per heavy atom. The van der Waals surface area contributed by atoms with E-state index in [2.05, 4.69) is 11.9 Å². The standard InChI is InChI=1S/C18H14N4O4S/c1-2-8-21-17(24)15(16(23)19-18(21)27)10-12-7-9-20(11-12)13-3-5-14(6-4-13)22(25)26/h2-7,9-11H,1,8H2,(H,19,23,27). The molecule has 2 amide bonds. The minimum atomic E-state index is -0.562. The number of nitrogens with one attached hydrogen (secondary N) is 1. The summed E-state index contributed by atoms with van der Waals surface area (Å²) in [7, 11) is 0. The zero-order valence-electron chi connectivity index (χ0n) is 14.0. The van der Waals surface area contributed by atoms with Crippen LogP contribution in [-0.2, 0) is 9.59 Å². The Labute approximate surface area is 159 Å². The van der Waals surface area contributed by atoms with Crippen molar-refractivity contribution in [1.29, 1.82) is 0 Å². The van der Waals surface area contributed by atoms with Crippen LogP contribution in [0.15, 0.2) is 61.0 Å². The number of hydrogen-bond acceptors (Lipinski definition) is 5. The van der Waals surface area contributed by atoms with E-state index in [1.54, 1.807) is 35.2 Å². The molecule has 0 saturated carbocycles. The number of nitrogens with zero attached hydrogens (tertiary/aromatic N) is 3. The fourth-order valence-corrected chi connectivity index (χ4v) is 2.81. The van der Waals surface area contributed by atoms with Crippen LogP contribution in [0.1, 0.15) is 5.56 Å². The summed E-state index contributed by atoms with van der Waals surface area (Å²) in [6.45, 7) is 3.77. The highest BCUT2D eigenvalue weighted by atomic mass is 32.1. The van der Waals surface area contributed by atoms with E-state index < -0.39 is 16.7 Å². The number of nitro benzene ring substituents is 1. The molecule has 2 heterocycles. The van der Waals surface area contributed by atoms with E-state index in [-0.39, 0.29) is 22.9 Å². The number of amides is 2. The van der Waals surface area contributed by atoms with Crippen LogP contribution >= 0.6 is 12.2 Å². The molecule has 1 aromatic heterocycles.